The topological polar surface area (TPSA) is 94.6 Å². The summed E-state index contributed by atoms with van der Waals surface area (Å²) < 4.78 is 1.71. The van der Waals surface area contributed by atoms with Gasteiger partial charge in [-0.25, -0.2) is 9.41 Å². The van der Waals surface area contributed by atoms with E-state index in [9.17, 15) is 4.79 Å². The highest BCUT2D eigenvalue weighted by Crippen LogP contribution is 2.29. The Kier molecular flexibility index (Phi) is 7.72. The van der Waals surface area contributed by atoms with Crippen molar-refractivity contribution in [2.24, 2.45) is 10.7 Å². The van der Waals surface area contributed by atoms with Gasteiger partial charge in [0.2, 0.25) is 0 Å². The molecule has 7 heteroatoms. The normalized spacial score (nSPS) is 18.1. The van der Waals surface area contributed by atoms with Crippen molar-refractivity contribution >= 4 is 35.4 Å². The van der Waals surface area contributed by atoms with Gasteiger partial charge >= 0.3 is 0 Å². The van der Waals surface area contributed by atoms with Crippen molar-refractivity contribution in [3.05, 3.63) is 66.3 Å². The quantitative estimate of drug-likeness (QED) is 0.213. The number of hydrogen-bond acceptors (Lipinski definition) is 4. The number of piperidine rings is 1. The predicted octanol–water partition coefficient (Wildman–Crippen LogP) is 3.92. The zero-order chi connectivity index (χ0) is 20.6. The van der Waals surface area contributed by atoms with Crippen LogP contribution in [0.15, 0.2) is 65.7 Å². The lowest BCUT2D eigenvalue weighted by Crippen LogP contribution is -2.56. The van der Waals surface area contributed by atoms with Gasteiger partial charge in [-0.1, -0.05) is 43.0 Å². The van der Waals surface area contributed by atoms with E-state index < -0.39 is 5.54 Å². The molecule has 6 nitrogen and oxygen atoms in total. The molecule has 4 N–H and O–H groups in total. The van der Waals surface area contributed by atoms with E-state index in [0.29, 0.717) is 42.9 Å². The summed E-state index contributed by atoms with van der Waals surface area (Å²) in [6.45, 7) is 6.79. The zero-order valence-corrected chi connectivity index (χ0v) is 16.7. The van der Waals surface area contributed by atoms with E-state index in [4.69, 9.17) is 22.9 Å². The Hall–Kier alpha value is -2.70. The molecule has 1 saturated heterocycles. The Morgan fingerprint density at radius 1 is 1.43 bits per heavy atom. The Labute approximate surface area is 171 Å². The number of nitrogens with zero attached hydrogens (tertiary/aromatic N) is 2. The van der Waals surface area contributed by atoms with Crippen LogP contribution in [0.2, 0.25) is 0 Å². The molecule has 0 bridgehead atoms. The molecule has 1 aromatic rings. The molecule has 2 rings (SSSR count). The lowest BCUT2D eigenvalue weighted by atomic mass is 9.86. The summed E-state index contributed by atoms with van der Waals surface area (Å²) in [5.74, 6) is 0.379. The summed E-state index contributed by atoms with van der Waals surface area (Å²) in [4.78, 5) is 15.5. The largest absolute Gasteiger partial charge is 0.385 e. The second kappa shape index (κ2) is 10.0. The molecule has 1 aliphatic heterocycles. The van der Waals surface area contributed by atoms with Crippen LogP contribution in [0.25, 0.3) is 0 Å². The van der Waals surface area contributed by atoms with E-state index in [1.165, 1.54) is 0 Å². The van der Waals surface area contributed by atoms with Gasteiger partial charge in [0, 0.05) is 29.9 Å². The van der Waals surface area contributed by atoms with E-state index in [1.54, 1.807) is 34.8 Å². The first-order chi connectivity index (χ1) is 13.4. The molecule has 0 amide bonds. The van der Waals surface area contributed by atoms with Crippen molar-refractivity contribution in [1.82, 2.24) is 4.42 Å². The molecule has 148 valence electrons. The number of allylic oxidation sites excluding steroid dienone is 3. The molecule has 0 aliphatic carbocycles. The van der Waals surface area contributed by atoms with Crippen LogP contribution < -0.4 is 11.1 Å². The number of rotatable bonds is 7. The molecule has 0 aromatic heterocycles. The molecule has 28 heavy (non-hydrogen) atoms. The van der Waals surface area contributed by atoms with Crippen molar-refractivity contribution in [3.63, 3.8) is 0 Å². The van der Waals surface area contributed by atoms with Crippen LogP contribution in [0.1, 0.15) is 30.1 Å². The lowest BCUT2D eigenvalue weighted by Gasteiger charge is -2.40. The molecule has 1 aliphatic rings. The Morgan fingerprint density at radius 2 is 2.14 bits per heavy atom. The van der Waals surface area contributed by atoms with Gasteiger partial charge in [-0.15, -0.1) is 0 Å². The van der Waals surface area contributed by atoms with E-state index in [0.717, 1.165) is 12.0 Å². The summed E-state index contributed by atoms with van der Waals surface area (Å²) in [5.41, 5.74) is 7.72. The van der Waals surface area contributed by atoms with Crippen LogP contribution in [-0.4, -0.2) is 41.0 Å². The van der Waals surface area contributed by atoms with Crippen molar-refractivity contribution in [1.29, 1.82) is 5.41 Å². The number of carbonyl (C=O) groups excluding carboxylic acids is 1. The van der Waals surface area contributed by atoms with Crippen LogP contribution in [0.3, 0.4) is 0 Å². The van der Waals surface area contributed by atoms with Gasteiger partial charge < -0.3 is 11.1 Å². The molecule has 0 saturated carbocycles. The summed E-state index contributed by atoms with van der Waals surface area (Å²) >= 11 is 6.14. The molecule has 1 heterocycles. The van der Waals surface area contributed by atoms with Crippen molar-refractivity contribution in [3.8, 4) is 0 Å². The van der Waals surface area contributed by atoms with Crippen LogP contribution in [0.5, 0.6) is 0 Å². The maximum absolute atomic E-state index is 11.1. The van der Waals surface area contributed by atoms with Gasteiger partial charge in [-0.3, -0.25) is 10.2 Å². The molecular weight excluding hydrogens is 374 g/mol. The standard InChI is InChI=1S/C21H26ClN5O/c1-3-6-17(7-4-2)19(23)25-20(24)21(10-12-27(22)13-11-21)26-18-9-5-8-16(14-18)15-28/h3-9,14-15,26H,1,10-13H2,2H3,(H3,23,24,25)/b7-4-,17-6+. The number of hydrogen-bond donors (Lipinski definition) is 3. The smallest absolute Gasteiger partial charge is 0.153 e. The number of carbonyl (C=O) groups is 1. The summed E-state index contributed by atoms with van der Waals surface area (Å²) in [7, 11) is 0. The molecule has 1 aromatic carbocycles. The minimum atomic E-state index is -0.658. The minimum Gasteiger partial charge on any atom is -0.385 e. The van der Waals surface area contributed by atoms with Gasteiger partial charge in [0.05, 0.1) is 5.54 Å². The van der Waals surface area contributed by atoms with Crippen molar-refractivity contribution < 1.29 is 4.79 Å². The molecule has 0 radical (unpaired) electrons. The van der Waals surface area contributed by atoms with Gasteiger partial charge in [0.1, 0.15) is 12.1 Å². The second-order valence-electron chi connectivity index (χ2n) is 6.56. The molecule has 1 fully saturated rings. The third-order valence-electron chi connectivity index (χ3n) is 4.61. The Morgan fingerprint density at radius 3 is 2.75 bits per heavy atom. The van der Waals surface area contributed by atoms with Gasteiger partial charge in [0.25, 0.3) is 0 Å². The highest BCUT2D eigenvalue weighted by atomic mass is 35.5. The van der Waals surface area contributed by atoms with E-state index in [2.05, 4.69) is 16.9 Å². The number of nitrogens with two attached hydrogens (primary N) is 1. The average molecular weight is 400 g/mol. The molecule has 0 atom stereocenters. The highest BCUT2D eigenvalue weighted by Gasteiger charge is 2.38. The SMILES string of the molecule is C=C/C=C(\C=C/C)C(=N)N=C(N)C1(Nc2cccc(C=O)c2)CCN(Cl)CC1. The highest BCUT2D eigenvalue weighted by molar-refractivity contribution is 6.13. The van der Waals surface area contributed by atoms with Gasteiger partial charge in [-0.2, -0.15) is 0 Å². The fourth-order valence-corrected chi connectivity index (χ4v) is 3.25. The number of aldehydes is 1. The third kappa shape index (κ3) is 5.41. The first-order valence-electron chi connectivity index (χ1n) is 9.07. The average Bonchev–Trinajstić information content (AvgIpc) is 2.69. The van der Waals surface area contributed by atoms with E-state index in [1.807, 2.05) is 25.1 Å². The van der Waals surface area contributed by atoms with Crippen molar-refractivity contribution in [2.45, 2.75) is 25.3 Å². The van der Waals surface area contributed by atoms with Crippen LogP contribution in [-0.2, 0) is 0 Å². The first-order valence-corrected chi connectivity index (χ1v) is 9.41. The number of halogens is 1. The number of aliphatic imine (C=N–C) groups is 1. The van der Waals surface area contributed by atoms with Crippen LogP contribution in [0.4, 0.5) is 5.69 Å². The fraction of sp³-hybridized carbons (Fsp3) is 0.286. The Balaban J connectivity index is 2.38. The monoisotopic (exact) mass is 399 g/mol. The molecule has 0 spiro atoms. The Bertz CT molecular complexity index is 820. The third-order valence-corrected chi connectivity index (χ3v) is 4.95. The summed E-state index contributed by atoms with van der Waals surface area (Å²) in [5, 5.41) is 11.8. The number of benzene rings is 1. The maximum Gasteiger partial charge on any atom is 0.153 e. The molecule has 0 unspecified atom stereocenters. The fourth-order valence-electron chi connectivity index (χ4n) is 3.08. The summed E-state index contributed by atoms with van der Waals surface area (Å²) in [6, 6.07) is 7.19. The van der Waals surface area contributed by atoms with E-state index >= 15 is 0 Å². The molecular formula is C21H26ClN5O. The number of nitrogens with one attached hydrogen (secondary N) is 2. The second-order valence-corrected chi connectivity index (χ2v) is 7.04. The lowest BCUT2D eigenvalue weighted by molar-refractivity contribution is 0.112. The predicted molar refractivity (Wildman–Crippen MR) is 117 cm³/mol. The zero-order valence-electron chi connectivity index (χ0n) is 16.0. The van der Waals surface area contributed by atoms with Crippen molar-refractivity contribution in [2.75, 3.05) is 18.4 Å². The minimum absolute atomic E-state index is 0.0617. The van der Waals surface area contributed by atoms with E-state index in [-0.39, 0.29) is 5.84 Å². The van der Waals surface area contributed by atoms with Crippen LogP contribution in [0, 0.1) is 5.41 Å². The maximum atomic E-state index is 11.1. The van der Waals surface area contributed by atoms with Gasteiger partial charge in [0.15, 0.2) is 5.84 Å². The van der Waals surface area contributed by atoms with Gasteiger partial charge in [-0.05, 0) is 43.7 Å². The summed E-state index contributed by atoms with van der Waals surface area (Å²) in [6.07, 6.45) is 8.99. The first kappa shape index (κ1) is 21.6. The number of amidine groups is 2. The van der Waals surface area contributed by atoms with Crippen LogP contribution >= 0.6 is 11.8 Å². The number of anilines is 1.